The smallest absolute Gasteiger partial charge is 0.293 e. The minimum atomic E-state index is -7.07. The summed E-state index contributed by atoms with van der Waals surface area (Å²) in [5.74, 6) is -22.8. The lowest BCUT2D eigenvalue weighted by atomic mass is 9.95. The lowest BCUT2D eigenvalue weighted by Crippen LogP contribution is -2.59. The molecule has 0 atom stereocenters. The van der Waals surface area contributed by atoms with Gasteiger partial charge in [-0.2, -0.15) is 47.9 Å². The maximum atomic E-state index is 13.6. The molecule has 148 valence electrons. The summed E-state index contributed by atoms with van der Waals surface area (Å²) < 4.78 is 145. The van der Waals surface area contributed by atoms with E-state index in [0.29, 0.717) is 12.1 Å². The summed E-state index contributed by atoms with van der Waals surface area (Å²) in [6.45, 7) is 0. The molecule has 4 nitrogen and oxygen atoms in total. The van der Waals surface area contributed by atoms with Crippen LogP contribution in [0.25, 0.3) is 0 Å². The monoisotopic (exact) mass is 418 g/mol. The van der Waals surface area contributed by atoms with Crippen LogP contribution in [0.4, 0.5) is 39.5 Å². The average Bonchev–Trinajstić information content (AvgIpc) is 2.44. The molecular weight excluding hydrogens is 411 g/mol. The van der Waals surface area contributed by atoms with Crippen molar-refractivity contribution in [2.45, 2.75) is 23.9 Å². The van der Waals surface area contributed by atoms with E-state index in [9.17, 15) is 52.7 Å². The second-order valence-electron chi connectivity index (χ2n) is 4.95. The molecule has 26 heavy (non-hydrogen) atoms. The Kier molecular flexibility index (Phi) is 5.47. The van der Waals surface area contributed by atoms with E-state index in [1.807, 2.05) is 0 Å². The summed E-state index contributed by atoms with van der Waals surface area (Å²) in [7, 11) is -4.81. The van der Waals surface area contributed by atoms with Crippen molar-refractivity contribution in [2.75, 3.05) is 5.75 Å². The maximum absolute atomic E-state index is 13.6. The van der Waals surface area contributed by atoms with Crippen LogP contribution in [-0.4, -0.2) is 42.5 Å². The van der Waals surface area contributed by atoms with Crippen molar-refractivity contribution >= 4 is 15.9 Å². The maximum Gasteiger partial charge on any atom is 0.460 e. The van der Waals surface area contributed by atoms with Crippen LogP contribution in [0.3, 0.4) is 0 Å². The van der Waals surface area contributed by atoms with E-state index in [0.717, 1.165) is 0 Å². The highest BCUT2D eigenvalue weighted by Crippen LogP contribution is 2.56. The van der Waals surface area contributed by atoms with Gasteiger partial charge < -0.3 is 0 Å². The molecule has 0 radical (unpaired) electrons. The molecule has 0 unspecified atom stereocenters. The summed E-state index contributed by atoms with van der Waals surface area (Å²) >= 11 is 0. The zero-order chi connectivity index (χ0) is 20.8. The predicted octanol–water partition coefficient (Wildman–Crippen LogP) is 3.68. The molecule has 0 bridgehead atoms. The lowest BCUT2D eigenvalue weighted by Gasteiger charge is -2.33. The molecule has 1 rings (SSSR count). The number of carbonyl (C=O) groups is 1. The topological polar surface area (TPSA) is 71.4 Å². The molecule has 0 spiro atoms. The quantitative estimate of drug-likeness (QED) is 0.435. The van der Waals surface area contributed by atoms with Crippen LogP contribution in [0, 0.1) is 0 Å². The molecule has 0 aliphatic heterocycles. The third-order valence-electron chi connectivity index (χ3n) is 3.03. The summed E-state index contributed by atoms with van der Waals surface area (Å²) in [4.78, 5) is 11.4. The highest BCUT2D eigenvalue weighted by Gasteiger charge is 2.81. The Morgan fingerprint density at radius 3 is 1.62 bits per heavy atom. The molecule has 0 fully saturated rings. The van der Waals surface area contributed by atoms with Crippen LogP contribution in [0.1, 0.15) is 15.9 Å². The largest absolute Gasteiger partial charge is 0.460 e. The molecule has 1 N–H and O–H groups in total. The van der Waals surface area contributed by atoms with Gasteiger partial charge >= 0.3 is 23.9 Å². The second-order valence-corrected chi connectivity index (χ2v) is 6.40. The third kappa shape index (κ3) is 3.95. The number of hydrogen-bond donors (Lipinski definition) is 1. The molecule has 14 heteroatoms. The number of ketones is 1. The van der Waals surface area contributed by atoms with E-state index < -0.39 is 56.7 Å². The number of carbonyl (C=O) groups excluding carboxylic acids is 1. The molecule has 0 aliphatic carbocycles. The molecular formula is C12H7F9O4S. The Bertz CT molecular complexity index is 782. The first-order valence-electron chi connectivity index (χ1n) is 6.13. The molecule has 0 aliphatic rings. The van der Waals surface area contributed by atoms with Crippen LogP contribution in [0.15, 0.2) is 24.3 Å². The van der Waals surface area contributed by atoms with E-state index in [1.165, 1.54) is 0 Å². The van der Waals surface area contributed by atoms with Gasteiger partial charge in [0.1, 0.15) is 5.75 Å². The summed E-state index contributed by atoms with van der Waals surface area (Å²) in [5, 5.41) is 0. The minimum Gasteiger partial charge on any atom is -0.293 e. The van der Waals surface area contributed by atoms with Gasteiger partial charge in [0.05, 0.1) is 0 Å². The molecule has 0 aromatic heterocycles. The number of benzene rings is 1. The molecule has 0 saturated carbocycles. The van der Waals surface area contributed by atoms with Gasteiger partial charge in [-0.25, -0.2) is 0 Å². The number of Topliss-reactive ketones (excluding diaryl/α,β-unsaturated/α-hetero) is 1. The standard InChI is InChI=1S/C12H7F9O4S/c13-9(14,10(15,16)11(17,18)12(19,20)21)7-3-1-6(2-4-7)8(22)5-26(23,24)25/h1-4H,5H2,(H,23,24,25). The molecule has 0 heterocycles. The van der Waals surface area contributed by atoms with Gasteiger partial charge in [0.25, 0.3) is 10.1 Å². The fourth-order valence-electron chi connectivity index (χ4n) is 1.67. The van der Waals surface area contributed by atoms with E-state index >= 15 is 0 Å². The summed E-state index contributed by atoms with van der Waals surface area (Å²) in [6, 6.07) is 0.520. The average molecular weight is 418 g/mol. The lowest BCUT2D eigenvalue weighted by molar-refractivity contribution is -0.399. The van der Waals surface area contributed by atoms with Crippen LogP contribution in [-0.2, 0) is 16.0 Å². The van der Waals surface area contributed by atoms with Crippen molar-refractivity contribution in [3.8, 4) is 0 Å². The van der Waals surface area contributed by atoms with Gasteiger partial charge in [0.15, 0.2) is 5.78 Å². The van der Waals surface area contributed by atoms with Crippen molar-refractivity contribution < 1.29 is 57.3 Å². The minimum absolute atomic E-state index is 0.0441. The summed E-state index contributed by atoms with van der Waals surface area (Å²) in [6.07, 6.45) is -6.97. The molecule has 0 amide bonds. The first kappa shape index (κ1) is 22.2. The number of halogens is 9. The molecule has 0 saturated heterocycles. The first-order chi connectivity index (χ1) is 11.3. The van der Waals surface area contributed by atoms with Crippen molar-refractivity contribution in [2.24, 2.45) is 0 Å². The van der Waals surface area contributed by atoms with Crippen LogP contribution in [0.5, 0.6) is 0 Å². The Hall–Kier alpha value is -1.83. The van der Waals surface area contributed by atoms with Crippen molar-refractivity contribution in [1.82, 2.24) is 0 Å². The normalized spacial score (nSPS) is 14.4. The highest BCUT2D eigenvalue weighted by molar-refractivity contribution is 7.86. The third-order valence-corrected chi connectivity index (χ3v) is 3.65. The Morgan fingerprint density at radius 1 is 0.846 bits per heavy atom. The van der Waals surface area contributed by atoms with Crippen molar-refractivity contribution in [3.05, 3.63) is 35.4 Å². The Morgan fingerprint density at radius 2 is 1.27 bits per heavy atom. The van der Waals surface area contributed by atoms with Gasteiger partial charge in [-0.05, 0) is 0 Å². The number of rotatable bonds is 6. The van der Waals surface area contributed by atoms with Gasteiger partial charge in [0, 0.05) is 11.1 Å². The van der Waals surface area contributed by atoms with Gasteiger partial charge in [0.2, 0.25) is 0 Å². The van der Waals surface area contributed by atoms with E-state index in [4.69, 9.17) is 4.55 Å². The number of alkyl halides is 9. The highest BCUT2D eigenvalue weighted by atomic mass is 32.2. The van der Waals surface area contributed by atoms with E-state index in [2.05, 4.69) is 0 Å². The Labute approximate surface area is 139 Å². The van der Waals surface area contributed by atoms with Crippen molar-refractivity contribution in [1.29, 1.82) is 0 Å². The Balaban J connectivity index is 3.27. The fourth-order valence-corrected chi connectivity index (χ4v) is 2.17. The van der Waals surface area contributed by atoms with Gasteiger partial charge in [-0.3, -0.25) is 9.35 Å². The second kappa shape index (κ2) is 6.40. The summed E-state index contributed by atoms with van der Waals surface area (Å²) in [5.41, 5.74) is -2.68. The zero-order valence-corrected chi connectivity index (χ0v) is 12.8. The van der Waals surface area contributed by atoms with Crippen LogP contribution >= 0.6 is 0 Å². The van der Waals surface area contributed by atoms with Gasteiger partial charge in [-0.15, -0.1) is 0 Å². The van der Waals surface area contributed by atoms with E-state index in [-0.39, 0.29) is 12.1 Å². The molecule has 1 aromatic carbocycles. The predicted molar refractivity (Wildman–Crippen MR) is 67.0 cm³/mol. The SMILES string of the molecule is O=C(CS(=O)(=O)O)c1ccc(C(F)(F)C(F)(F)C(F)(F)C(F)(F)F)cc1. The fraction of sp³-hybridized carbons (Fsp3) is 0.417. The van der Waals surface area contributed by atoms with Crippen LogP contribution < -0.4 is 0 Å². The van der Waals surface area contributed by atoms with E-state index in [1.54, 1.807) is 0 Å². The molecule has 1 aromatic rings. The number of hydrogen-bond acceptors (Lipinski definition) is 3. The van der Waals surface area contributed by atoms with Crippen molar-refractivity contribution in [3.63, 3.8) is 0 Å². The van der Waals surface area contributed by atoms with Gasteiger partial charge in [-0.1, -0.05) is 24.3 Å². The zero-order valence-electron chi connectivity index (χ0n) is 12.0. The van der Waals surface area contributed by atoms with Crippen LogP contribution in [0.2, 0.25) is 0 Å². The first-order valence-corrected chi connectivity index (χ1v) is 7.74.